The summed E-state index contributed by atoms with van der Waals surface area (Å²) in [5.41, 5.74) is 1.26. The van der Waals surface area contributed by atoms with E-state index in [1.807, 2.05) is 17.8 Å². The van der Waals surface area contributed by atoms with Gasteiger partial charge in [-0.25, -0.2) is 0 Å². The molecule has 1 rings (SSSR count). The fraction of sp³-hybridized carbons (Fsp3) is 0.600. The molecule has 0 bridgehead atoms. The number of hydrogen-bond donors (Lipinski definition) is 1. The van der Waals surface area contributed by atoms with E-state index in [1.54, 1.807) is 0 Å². The highest BCUT2D eigenvalue weighted by Crippen LogP contribution is 2.22. The number of benzene rings is 1. The first-order valence-electron chi connectivity index (χ1n) is 6.97. The molecule has 0 saturated carbocycles. The zero-order valence-electron chi connectivity index (χ0n) is 11.9. The van der Waals surface area contributed by atoms with Crippen LogP contribution in [-0.4, -0.2) is 24.7 Å². The predicted molar refractivity (Wildman–Crippen MR) is 89.3 cm³/mol. The quantitative estimate of drug-likeness (QED) is 0.632. The first-order valence-corrected chi connectivity index (χ1v) is 8.92. The molecule has 0 radical (unpaired) electrons. The van der Waals surface area contributed by atoms with Crippen molar-refractivity contribution in [2.75, 3.05) is 24.7 Å². The predicted octanol–water partition coefficient (Wildman–Crippen LogP) is 4.47. The van der Waals surface area contributed by atoms with Crippen molar-refractivity contribution in [1.82, 2.24) is 5.32 Å². The molecule has 1 aromatic carbocycles. The average Bonchev–Trinajstić information content (AvgIpc) is 2.42. The number of nitrogens with one attached hydrogen (secondary N) is 1. The van der Waals surface area contributed by atoms with E-state index >= 15 is 0 Å². The molecule has 0 saturated heterocycles. The summed E-state index contributed by atoms with van der Waals surface area (Å²) in [5.74, 6) is 3.33. The van der Waals surface area contributed by atoms with E-state index in [-0.39, 0.29) is 0 Å². The van der Waals surface area contributed by atoms with Crippen LogP contribution >= 0.6 is 27.7 Å². The summed E-state index contributed by atoms with van der Waals surface area (Å²) < 4.78 is 6.94. The van der Waals surface area contributed by atoms with E-state index in [9.17, 15) is 0 Å². The van der Waals surface area contributed by atoms with Gasteiger partial charge in [-0.15, -0.1) is 0 Å². The van der Waals surface area contributed by atoms with Crippen LogP contribution in [0.2, 0.25) is 0 Å². The Labute approximate surface area is 129 Å². The largest absolute Gasteiger partial charge is 0.494 e. The molecule has 0 unspecified atom stereocenters. The van der Waals surface area contributed by atoms with E-state index in [4.69, 9.17) is 4.74 Å². The third kappa shape index (κ3) is 7.23. The lowest BCUT2D eigenvalue weighted by Gasteiger charge is -2.10. The van der Waals surface area contributed by atoms with Gasteiger partial charge in [-0.2, -0.15) is 11.8 Å². The maximum atomic E-state index is 5.79. The maximum Gasteiger partial charge on any atom is 0.119 e. The lowest BCUT2D eigenvalue weighted by molar-refractivity contribution is 0.318. The molecule has 0 fully saturated rings. The molecular weight excluding hydrogens is 322 g/mol. The Morgan fingerprint density at radius 1 is 1.32 bits per heavy atom. The van der Waals surface area contributed by atoms with Crippen LogP contribution in [0.1, 0.15) is 32.3 Å². The maximum absolute atomic E-state index is 5.79. The number of thioether (sulfide) groups is 1. The highest BCUT2D eigenvalue weighted by atomic mass is 79.9. The van der Waals surface area contributed by atoms with E-state index in [2.05, 4.69) is 47.2 Å². The van der Waals surface area contributed by atoms with Crippen molar-refractivity contribution in [2.45, 2.75) is 33.2 Å². The number of rotatable bonds is 10. The zero-order valence-corrected chi connectivity index (χ0v) is 14.3. The summed E-state index contributed by atoms with van der Waals surface area (Å²) >= 11 is 5.55. The summed E-state index contributed by atoms with van der Waals surface area (Å²) in [6, 6.07) is 6.22. The Morgan fingerprint density at radius 3 is 2.89 bits per heavy atom. The molecule has 108 valence electrons. The molecule has 19 heavy (non-hydrogen) atoms. The second-order valence-electron chi connectivity index (χ2n) is 4.33. The van der Waals surface area contributed by atoms with Gasteiger partial charge in [0.2, 0.25) is 0 Å². The second kappa shape index (κ2) is 10.6. The standard InChI is InChI=1S/C15H24BrNOS/c1-3-8-17-12-13-11-14(6-7-15(13)16)18-9-5-10-19-4-2/h6-7,11,17H,3-5,8-10,12H2,1-2H3. The van der Waals surface area contributed by atoms with Crippen molar-refractivity contribution in [3.8, 4) is 5.75 Å². The fourth-order valence-electron chi connectivity index (χ4n) is 1.67. The highest BCUT2D eigenvalue weighted by molar-refractivity contribution is 9.10. The van der Waals surface area contributed by atoms with Crippen LogP contribution < -0.4 is 10.1 Å². The van der Waals surface area contributed by atoms with Gasteiger partial charge in [0.1, 0.15) is 5.75 Å². The Morgan fingerprint density at radius 2 is 2.16 bits per heavy atom. The second-order valence-corrected chi connectivity index (χ2v) is 6.58. The molecule has 0 aliphatic heterocycles. The van der Waals surface area contributed by atoms with Crippen molar-refractivity contribution >= 4 is 27.7 Å². The summed E-state index contributed by atoms with van der Waals surface area (Å²) in [5, 5.41) is 3.41. The first kappa shape index (κ1) is 16.9. The third-order valence-corrected chi connectivity index (χ3v) is 4.42. The molecule has 1 aromatic rings. The first-order chi connectivity index (χ1) is 9.27. The minimum Gasteiger partial charge on any atom is -0.494 e. The minimum absolute atomic E-state index is 0.802. The highest BCUT2D eigenvalue weighted by Gasteiger charge is 2.02. The van der Waals surface area contributed by atoms with Crippen LogP contribution in [0, 0.1) is 0 Å². The summed E-state index contributed by atoms with van der Waals surface area (Å²) in [4.78, 5) is 0. The van der Waals surface area contributed by atoms with Gasteiger partial charge in [0.05, 0.1) is 6.61 Å². The molecule has 0 atom stereocenters. The summed E-state index contributed by atoms with van der Waals surface area (Å²) in [6.45, 7) is 7.10. The summed E-state index contributed by atoms with van der Waals surface area (Å²) in [6.07, 6.45) is 2.26. The van der Waals surface area contributed by atoms with Gasteiger partial charge in [0, 0.05) is 11.0 Å². The summed E-state index contributed by atoms with van der Waals surface area (Å²) in [7, 11) is 0. The lowest BCUT2D eigenvalue weighted by Crippen LogP contribution is -2.14. The Bertz CT molecular complexity index is 360. The number of hydrogen-bond acceptors (Lipinski definition) is 3. The van der Waals surface area contributed by atoms with Crippen LogP contribution in [0.5, 0.6) is 5.75 Å². The molecule has 2 nitrogen and oxygen atoms in total. The van der Waals surface area contributed by atoms with Gasteiger partial charge < -0.3 is 10.1 Å². The van der Waals surface area contributed by atoms with Gasteiger partial charge in [-0.05, 0) is 54.7 Å². The fourth-order valence-corrected chi connectivity index (χ4v) is 2.67. The Kier molecular flexibility index (Phi) is 9.39. The molecule has 4 heteroatoms. The lowest BCUT2D eigenvalue weighted by atomic mass is 10.2. The van der Waals surface area contributed by atoms with Gasteiger partial charge >= 0.3 is 0 Å². The van der Waals surface area contributed by atoms with E-state index in [1.165, 1.54) is 17.1 Å². The molecule has 0 spiro atoms. The molecular formula is C15H24BrNOS. The minimum atomic E-state index is 0.802. The van der Waals surface area contributed by atoms with Gasteiger partial charge in [-0.1, -0.05) is 29.8 Å². The third-order valence-electron chi connectivity index (χ3n) is 2.67. The van der Waals surface area contributed by atoms with Crippen molar-refractivity contribution < 1.29 is 4.74 Å². The average molecular weight is 346 g/mol. The molecule has 0 aliphatic rings. The van der Waals surface area contributed by atoms with Gasteiger partial charge in [-0.3, -0.25) is 0 Å². The molecule has 0 amide bonds. The van der Waals surface area contributed by atoms with Crippen LogP contribution in [0.4, 0.5) is 0 Å². The van der Waals surface area contributed by atoms with Crippen molar-refractivity contribution in [3.05, 3.63) is 28.2 Å². The molecule has 0 aliphatic carbocycles. The van der Waals surface area contributed by atoms with Gasteiger partial charge in [0.15, 0.2) is 0 Å². The van der Waals surface area contributed by atoms with Crippen LogP contribution in [0.3, 0.4) is 0 Å². The van der Waals surface area contributed by atoms with Gasteiger partial charge in [0.25, 0.3) is 0 Å². The van der Waals surface area contributed by atoms with E-state index in [0.717, 1.165) is 42.8 Å². The van der Waals surface area contributed by atoms with E-state index in [0.29, 0.717) is 0 Å². The van der Waals surface area contributed by atoms with Crippen LogP contribution in [0.25, 0.3) is 0 Å². The smallest absolute Gasteiger partial charge is 0.119 e. The molecule has 0 aromatic heterocycles. The van der Waals surface area contributed by atoms with Crippen LogP contribution in [-0.2, 0) is 6.54 Å². The zero-order chi connectivity index (χ0) is 13.9. The van der Waals surface area contributed by atoms with Crippen molar-refractivity contribution in [2.24, 2.45) is 0 Å². The number of ether oxygens (including phenoxy) is 1. The number of halogens is 1. The molecule has 1 N–H and O–H groups in total. The van der Waals surface area contributed by atoms with Crippen molar-refractivity contribution in [1.29, 1.82) is 0 Å². The normalized spacial score (nSPS) is 10.7. The molecule has 0 heterocycles. The van der Waals surface area contributed by atoms with Crippen LogP contribution in [0.15, 0.2) is 22.7 Å². The Balaban J connectivity index is 2.39. The SMILES string of the molecule is CCCNCc1cc(OCCCSCC)ccc1Br. The van der Waals surface area contributed by atoms with Crippen molar-refractivity contribution in [3.63, 3.8) is 0 Å². The monoisotopic (exact) mass is 345 g/mol. The topological polar surface area (TPSA) is 21.3 Å². The van der Waals surface area contributed by atoms with E-state index < -0.39 is 0 Å². The Hall–Kier alpha value is -0.190.